The van der Waals surface area contributed by atoms with Crippen LogP contribution in [0.2, 0.25) is 0 Å². The van der Waals surface area contributed by atoms with E-state index in [1.807, 2.05) is 42.5 Å². The molecule has 1 aliphatic carbocycles. The summed E-state index contributed by atoms with van der Waals surface area (Å²) in [5.74, 6) is 0. The summed E-state index contributed by atoms with van der Waals surface area (Å²) in [7, 11) is 0. The van der Waals surface area contributed by atoms with Gasteiger partial charge in [0.25, 0.3) is 5.56 Å². The molecule has 0 spiro atoms. The molecule has 0 radical (unpaired) electrons. The van der Waals surface area contributed by atoms with E-state index >= 15 is 0 Å². The number of nitrogens with one attached hydrogen (secondary N) is 2. The van der Waals surface area contributed by atoms with Gasteiger partial charge < -0.3 is 15.2 Å². The molecular formula is C24H27N3OS. The van der Waals surface area contributed by atoms with Crippen molar-refractivity contribution >= 4 is 33.9 Å². The highest BCUT2D eigenvalue weighted by molar-refractivity contribution is 7.80. The molecule has 2 N–H and O–H groups in total. The number of rotatable bonds is 4. The number of nitrogens with zero attached hydrogens (tertiary/aromatic N) is 1. The van der Waals surface area contributed by atoms with Crippen LogP contribution in [0.4, 0.5) is 5.69 Å². The van der Waals surface area contributed by atoms with Crippen LogP contribution in [0, 0.1) is 13.8 Å². The summed E-state index contributed by atoms with van der Waals surface area (Å²) < 4.78 is 0. The summed E-state index contributed by atoms with van der Waals surface area (Å²) in [6.45, 7) is 4.68. The number of aryl methyl sites for hydroxylation is 2. The minimum absolute atomic E-state index is 0.0359. The van der Waals surface area contributed by atoms with Crippen molar-refractivity contribution in [1.29, 1.82) is 0 Å². The first kappa shape index (κ1) is 19.6. The quantitative estimate of drug-likeness (QED) is 0.579. The van der Waals surface area contributed by atoms with Gasteiger partial charge in [-0.25, -0.2) is 0 Å². The number of aromatic nitrogens is 1. The Morgan fingerprint density at radius 1 is 1.10 bits per heavy atom. The van der Waals surface area contributed by atoms with Crippen molar-refractivity contribution in [3.63, 3.8) is 0 Å². The Kier molecular flexibility index (Phi) is 5.67. The van der Waals surface area contributed by atoms with E-state index in [2.05, 4.69) is 35.1 Å². The van der Waals surface area contributed by atoms with Crippen LogP contribution in [0.3, 0.4) is 0 Å². The molecule has 2 aromatic carbocycles. The highest BCUT2D eigenvalue weighted by Gasteiger charge is 2.25. The maximum Gasteiger partial charge on any atom is 0.253 e. The molecule has 1 saturated carbocycles. The van der Waals surface area contributed by atoms with Crippen LogP contribution < -0.4 is 10.9 Å². The summed E-state index contributed by atoms with van der Waals surface area (Å²) in [5.41, 5.74) is 4.99. The van der Waals surface area contributed by atoms with E-state index in [1.165, 1.54) is 24.0 Å². The second-order valence-electron chi connectivity index (χ2n) is 8.01. The molecule has 0 unspecified atom stereocenters. The number of hydrogen-bond donors (Lipinski definition) is 2. The van der Waals surface area contributed by atoms with E-state index in [0.29, 0.717) is 17.7 Å². The van der Waals surface area contributed by atoms with E-state index in [0.717, 1.165) is 35.0 Å². The van der Waals surface area contributed by atoms with Gasteiger partial charge in [0.05, 0.1) is 6.54 Å². The van der Waals surface area contributed by atoms with Crippen LogP contribution in [0.15, 0.2) is 53.3 Å². The average Bonchev–Trinajstić information content (AvgIpc) is 3.23. The fourth-order valence-electron chi connectivity index (χ4n) is 4.12. The number of aromatic amines is 1. The molecule has 1 heterocycles. The Balaban J connectivity index is 1.65. The highest BCUT2D eigenvalue weighted by Crippen LogP contribution is 2.26. The van der Waals surface area contributed by atoms with Crippen molar-refractivity contribution in [2.24, 2.45) is 0 Å². The largest absolute Gasteiger partial charge is 0.342 e. The lowest BCUT2D eigenvalue weighted by Gasteiger charge is -2.31. The summed E-state index contributed by atoms with van der Waals surface area (Å²) in [6, 6.07) is 16.6. The number of thiocarbonyl (C=S) groups is 1. The van der Waals surface area contributed by atoms with Crippen LogP contribution in [-0.2, 0) is 6.54 Å². The monoisotopic (exact) mass is 405 g/mol. The van der Waals surface area contributed by atoms with E-state index in [-0.39, 0.29) is 5.56 Å². The average molecular weight is 406 g/mol. The van der Waals surface area contributed by atoms with Gasteiger partial charge in [0.2, 0.25) is 0 Å². The van der Waals surface area contributed by atoms with Crippen molar-refractivity contribution in [3.05, 3.63) is 75.6 Å². The molecule has 4 nitrogen and oxygen atoms in total. The van der Waals surface area contributed by atoms with Crippen molar-refractivity contribution in [1.82, 2.24) is 9.88 Å². The second-order valence-corrected chi connectivity index (χ2v) is 8.40. The van der Waals surface area contributed by atoms with Gasteiger partial charge in [-0.05, 0) is 85.8 Å². The zero-order chi connectivity index (χ0) is 20.4. The van der Waals surface area contributed by atoms with E-state index in [9.17, 15) is 4.79 Å². The number of fused-ring (bicyclic) bond motifs is 1. The molecule has 5 heteroatoms. The number of para-hydroxylation sites is 1. The summed E-state index contributed by atoms with van der Waals surface area (Å²) >= 11 is 5.77. The lowest BCUT2D eigenvalue weighted by molar-refractivity contribution is 0.311. The number of anilines is 1. The summed E-state index contributed by atoms with van der Waals surface area (Å²) in [5, 5.41) is 5.11. The molecule has 4 rings (SSSR count). The first-order chi connectivity index (χ1) is 14.0. The van der Waals surface area contributed by atoms with E-state index < -0.39 is 0 Å². The van der Waals surface area contributed by atoms with Crippen molar-refractivity contribution in [2.75, 3.05) is 5.32 Å². The van der Waals surface area contributed by atoms with Crippen LogP contribution in [-0.4, -0.2) is 21.0 Å². The van der Waals surface area contributed by atoms with Crippen molar-refractivity contribution in [2.45, 2.75) is 52.1 Å². The Labute approximate surface area is 176 Å². The number of benzene rings is 2. The number of H-pyrrole nitrogens is 1. The Morgan fingerprint density at radius 2 is 1.79 bits per heavy atom. The fourth-order valence-corrected chi connectivity index (χ4v) is 4.45. The normalized spacial score (nSPS) is 14.3. The molecule has 0 amide bonds. The van der Waals surface area contributed by atoms with Gasteiger partial charge in [0.1, 0.15) is 0 Å². The third kappa shape index (κ3) is 4.35. The topological polar surface area (TPSA) is 48.1 Å². The van der Waals surface area contributed by atoms with Crippen molar-refractivity contribution < 1.29 is 0 Å². The molecule has 0 bridgehead atoms. The number of pyridine rings is 1. The van der Waals surface area contributed by atoms with Gasteiger partial charge in [-0.2, -0.15) is 0 Å². The zero-order valence-electron chi connectivity index (χ0n) is 17.0. The Bertz CT molecular complexity index is 1080. The molecule has 0 atom stereocenters. The molecule has 0 aliphatic heterocycles. The predicted octanol–water partition coefficient (Wildman–Crippen LogP) is 5.29. The van der Waals surface area contributed by atoms with Gasteiger partial charge in [-0.1, -0.05) is 31.0 Å². The molecule has 0 saturated heterocycles. The van der Waals surface area contributed by atoms with Gasteiger partial charge in [0, 0.05) is 22.8 Å². The number of hydrogen-bond acceptors (Lipinski definition) is 2. The molecular weight excluding hydrogens is 378 g/mol. The Morgan fingerprint density at radius 3 is 2.52 bits per heavy atom. The lowest BCUT2D eigenvalue weighted by atomic mass is 10.0. The van der Waals surface area contributed by atoms with E-state index in [1.54, 1.807) is 0 Å². The molecule has 29 heavy (non-hydrogen) atoms. The minimum Gasteiger partial charge on any atom is -0.342 e. The molecule has 1 aliphatic rings. The summed E-state index contributed by atoms with van der Waals surface area (Å²) in [4.78, 5) is 18.1. The van der Waals surface area contributed by atoms with Crippen LogP contribution in [0.25, 0.3) is 10.9 Å². The summed E-state index contributed by atoms with van der Waals surface area (Å²) in [6.07, 6.45) is 4.64. The second kappa shape index (κ2) is 8.37. The van der Waals surface area contributed by atoms with Crippen LogP contribution in [0.5, 0.6) is 0 Å². The fraction of sp³-hybridized carbons (Fsp3) is 0.333. The van der Waals surface area contributed by atoms with Gasteiger partial charge in [-0.3, -0.25) is 4.79 Å². The molecule has 150 valence electrons. The van der Waals surface area contributed by atoms with E-state index in [4.69, 9.17) is 12.2 Å². The third-order valence-electron chi connectivity index (χ3n) is 5.93. The SMILES string of the molecule is Cc1cc2cc(CN(C(=S)Nc3ccccc3)C3CCCC3)c(=O)[nH]c2cc1C. The smallest absolute Gasteiger partial charge is 0.253 e. The molecule has 1 aromatic heterocycles. The maximum absolute atomic E-state index is 12.8. The lowest BCUT2D eigenvalue weighted by Crippen LogP contribution is -2.42. The molecule has 1 fully saturated rings. The third-order valence-corrected chi connectivity index (χ3v) is 6.26. The maximum atomic E-state index is 12.8. The highest BCUT2D eigenvalue weighted by atomic mass is 32.1. The predicted molar refractivity (Wildman–Crippen MR) is 125 cm³/mol. The van der Waals surface area contributed by atoms with Gasteiger partial charge in [-0.15, -0.1) is 0 Å². The molecule has 3 aromatic rings. The van der Waals surface area contributed by atoms with Crippen LogP contribution >= 0.6 is 12.2 Å². The van der Waals surface area contributed by atoms with Crippen LogP contribution in [0.1, 0.15) is 42.4 Å². The minimum atomic E-state index is -0.0359. The van der Waals surface area contributed by atoms with Gasteiger partial charge in [0.15, 0.2) is 5.11 Å². The first-order valence-corrected chi connectivity index (χ1v) is 10.7. The standard InChI is InChI=1S/C24H27N3OS/c1-16-12-18-14-19(23(28)26-22(18)13-17(16)2)15-27(21-10-6-7-11-21)24(29)25-20-8-4-3-5-9-20/h3-5,8-9,12-14,21H,6-7,10-11,15H2,1-2H3,(H,25,29)(H,26,28). The van der Waals surface area contributed by atoms with Gasteiger partial charge >= 0.3 is 0 Å². The zero-order valence-corrected chi connectivity index (χ0v) is 17.8. The first-order valence-electron chi connectivity index (χ1n) is 10.3. The Hall–Kier alpha value is -2.66. The van der Waals surface area contributed by atoms with Crippen molar-refractivity contribution in [3.8, 4) is 0 Å².